The molecule has 2 rings (SSSR count). The van der Waals surface area contributed by atoms with Crippen molar-refractivity contribution < 1.29 is 9.18 Å². The van der Waals surface area contributed by atoms with Crippen molar-refractivity contribution >= 4 is 11.8 Å². The SMILES string of the molecule is Cc1cc(NC(=O)NC[C@@H](c2cccc(F)c2)N(C)C)n(C)n1. The third-order valence-corrected chi connectivity index (χ3v) is 3.56. The minimum absolute atomic E-state index is 0.121. The Bertz CT molecular complexity index is 683. The Labute approximate surface area is 135 Å². The number of aryl methyl sites for hydroxylation is 2. The fourth-order valence-electron chi connectivity index (χ4n) is 2.39. The number of aromatic nitrogens is 2. The van der Waals surface area contributed by atoms with E-state index in [9.17, 15) is 9.18 Å². The number of anilines is 1. The molecule has 7 heteroatoms. The molecule has 1 aromatic carbocycles. The first-order chi connectivity index (χ1) is 10.9. The molecule has 0 unspecified atom stereocenters. The molecule has 0 spiro atoms. The number of carbonyl (C=O) groups is 1. The van der Waals surface area contributed by atoms with Gasteiger partial charge >= 0.3 is 6.03 Å². The molecule has 2 amide bonds. The summed E-state index contributed by atoms with van der Waals surface area (Å²) in [4.78, 5) is 14.0. The Morgan fingerprint density at radius 3 is 2.70 bits per heavy atom. The molecule has 6 nitrogen and oxygen atoms in total. The van der Waals surface area contributed by atoms with E-state index in [0.717, 1.165) is 11.3 Å². The van der Waals surface area contributed by atoms with Crippen LogP contribution in [0.4, 0.5) is 15.0 Å². The van der Waals surface area contributed by atoms with E-state index in [4.69, 9.17) is 0 Å². The topological polar surface area (TPSA) is 62.2 Å². The number of hydrogen-bond donors (Lipinski definition) is 2. The van der Waals surface area contributed by atoms with E-state index in [1.54, 1.807) is 23.9 Å². The number of benzene rings is 1. The largest absolute Gasteiger partial charge is 0.336 e. The zero-order valence-corrected chi connectivity index (χ0v) is 13.8. The maximum Gasteiger partial charge on any atom is 0.320 e. The molecule has 1 atom stereocenters. The van der Waals surface area contributed by atoms with Crippen molar-refractivity contribution in [3.05, 3.63) is 47.4 Å². The molecule has 0 aliphatic heterocycles. The number of hydrogen-bond acceptors (Lipinski definition) is 3. The van der Waals surface area contributed by atoms with Gasteiger partial charge in [-0.3, -0.25) is 10.00 Å². The summed E-state index contributed by atoms with van der Waals surface area (Å²) < 4.78 is 15.0. The summed E-state index contributed by atoms with van der Waals surface area (Å²) in [6.45, 7) is 2.22. The molecule has 2 aromatic rings. The van der Waals surface area contributed by atoms with Crippen LogP contribution in [0.2, 0.25) is 0 Å². The van der Waals surface area contributed by atoms with Gasteiger partial charge in [-0.15, -0.1) is 0 Å². The number of nitrogens with zero attached hydrogens (tertiary/aromatic N) is 3. The van der Waals surface area contributed by atoms with Gasteiger partial charge < -0.3 is 10.2 Å². The Morgan fingerprint density at radius 1 is 1.39 bits per heavy atom. The van der Waals surface area contributed by atoms with Crippen molar-refractivity contribution in [2.75, 3.05) is 26.0 Å². The van der Waals surface area contributed by atoms with Crippen molar-refractivity contribution in [3.63, 3.8) is 0 Å². The number of urea groups is 1. The summed E-state index contributed by atoms with van der Waals surface area (Å²) in [5.41, 5.74) is 1.64. The summed E-state index contributed by atoms with van der Waals surface area (Å²) >= 11 is 0. The molecule has 1 heterocycles. The minimum atomic E-state index is -0.323. The van der Waals surface area contributed by atoms with Crippen LogP contribution in [0.1, 0.15) is 17.3 Å². The highest BCUT2D eigenvalue weighted by atomic mass is 19.1. The molecule has 0 saturated heterocycles. The average Bonchev–Trinajstić information content (AvgIpc) is 2.76. The van der Waals surface area contributed by atoms with Crippen molar-refractivity contribution in [2.45, 2.75) is 13.0 Å². The molecule has 0 aliphatic rings. The van der Waals surface area contributed by atoms with Gasteiger partial charge in [0.15, 0.2) is 0 Å². The number of carbonyl (C=O) groups excluding carboxylic acids is 1. The van der Waals surface area contributed by atoms with Gasteiger partial charge in [-0.25, -0.2) is 9.18 Å². The van der Waals surface area contributed by atoms with Crippen LogP contribution in [-0.4, -0.2) is 41.4 Å². The van der Waals surface area contributed by atoms with Crippen LogP contribution in [0.15, 0.2) is 30.3 Å². The predicted molar refractivity (Wildman–Crippen MR) is 87.8 cm³/mol. The fourth-order valence-corrected chi connectivity index (χ4v) is 2.39. The van der Waals surface area contributed by atoms with Crippen molar-refractivity contribution in [2.24, 2.45) is 7.05 Å². The molecule has 0 saturated carbocycles. The van der Waals surface area contributed by atoms with Crippen molar-refractivity contribution in [1.82, 2.24) is 20.0 Å². The molecule has 0 aliphatic carbocycles. The number of halogens is 1. The lowest BCUT2D eigenvalue weighted by molar-refractivity contribution is 0.243. The second-order valence-electron chi connectivity index (χ2n) is 5.66. The first-order valence-corrected chi connectivity index (χ1v) is 7.34. The van der Waals surface area contributed by atoms with Gasteiger partial charge in [-0.2, -0.15) is 5.10 Å². The maximum atomic E-state index is 13.4. The van der Waals surface area contributed by atoms with Gasteiger partial charge in [0.2, 0.25) is 0 Å². The van der Waals surface area contributed by atoms with Gasteiger partial charge in [0.1, 0.15) is 11.6 Å². The van der Waals surface area contributed by atoms with Crippen LogP contribution in [-0.2, 0) is 7.05 Å². The van der Waals surface area contributed by atoms with Gasteiger partial charge in [0.25, 0.3) is 0 Å². The van der Waals surface area contributed by atoms with E-state index in [0.29, 0.717) is 12.4 Å². The predicted octanol–water partition coefficient (Wildman–Crippen LogP) is 2.29. The van der Waals surface area contributed by atoms with Crippen molar-refractivity contribution in [3.8, 4) is 0 Å². The van der Waals surface area contributed by atoms with E-state index in [1.807, 2.05) is 32.0 Å². The zero-order valence-electron chi connectivity index (χ0n) is 13.8. The summed E-state index contributed by atoms with van der Waals surface area (Å²) in [6, 6.07) is 7.74. The van der Waals surface area contributed by atoms with Gasteiger partial charge in [0, 0.05) is 19.7 Å². The second kappa shape index (κ2) is 7.23. The van der Waals surface area contributed by atoms with E-state index in [-0.39, 0.29) is 17.9 Å². The minimum Gasteiger partial charge on any atom is -0.336 e. The average molecular weight is 319 g/mol. The highest BCUT2D eigenvalue weighted by Gasteiger charge is 2.16. The molecule has 23 heavy (non-hydrogen) atoms. The fraction of sp³-hybridized carbons (Fsp3) is 0.375. The van der Waals surface area contributed by atoms with Crippen LogP contribution in [0.25, 0.3) is 0 Å². The smallest absolute Gasteiger partial charge is 0.320 e. The van der Waals surface area contributed by atoms with Crippen LogP contribution in [0.3, 0.4) is 0 Å². The summed E-state index contributed by atoms with van der Waals surface area (Å²) in [5, 5.41) is 9.73. The molecule has 0 radical (unpaired) electrons. The van der Waals surface area contributed by atoms with Crippen molar-refractivity contribution in [1.29, 1.82) is 0 Å². The normalized spacial score (nSPS) is 12.3. The summed E-state index contributed by atoms with van der Waals surface area (Å²) in [6.07, 6.45) is 0. The number of likely N-dealkylation sites (N-methyl/N-ethyl adjacent to an activating group) is 1. The molecule has 2 N–H and O–H groups in total. The monoisotopic (exact) mass is 319 g/mol. The molecular formula is C16H22FN5O. The Kier molecular flexibility index (Phi) is 5.33. The van der Waals surface area contributed by atoms with E-state index in [2.05, 4.69) is 15.7 Å². The Morgan fingerprint density at radius 2 is 2.13 bits per heavy atom. The summed E-state index contributed by atoms with van der Waals surface area (Å²) in [5.74, 6) is 0.330. The quantitative estimate of drug-likeness (QED) is 0.889. The number of nitrogens with one attached hydrogen (secondary N) is 2. The molecule has 124 valence electrons. The first-order valence-electron chi connectivity index (χ1n) is 7.34. The highest BCUT2D eigenvalue weighted by Crippen LogP contribution is 2.18. The van der Waals surface area contributed by atoms with Gasteiger partial charge in [-0.05, 0) is 38.7 Å². The van der Waals surface area contributed by atoms with E-state index < -0.39 is 0 Å². The number of amides is 2. The van der Waals surface area contributed by atoms with E-state index in [1.165, 1.54) is 12.1 Å². The molecule has 0 fully saturated rings. The Balaban J connectivity index is 1.99. The van der Waals surface area contributed by atoms with Crippen LogP contribution >= 0.6 is 0 Å². The third-order valence-electron chi connectivity index (χ3n) is 3.56. The molecule has 0 bridgehead atoms. The highest BCUT2D eigenvalue weighted by molar-refractivity contribution is 5.88. The number of rotatable bonds is 5. The maximum absolute atomic E-state index is 13.4. The Hall–Kier alpha value is -2.41. The first kappa shape index (κ1) is 17.0. The molecular weight excluding hydrogens is 297 g/mol. The van der Waals surface area contributed by atoms with Crippen LogP contribution in [0.5, 0.6) is 0 Å². The lowest BCUT2D eigenvalue weighted by atomic mass is 10.1. The van der Waals surface area contributed by atoms with Gasteiger partial charge in [0.05, 0.1) is 11.7 Å². The molecule has 1 aromatic heterocycles. The second-order valence-corrected chi connectivity index (χ2v) is 5.66. The standard InChI is InChI=1S/C16H22FN5O/c1-11-8-15(22(4)20-11)19-16(23)18-10-14(21(2)3)12-6-5-7-13(17)9-12/h5-9,14H,10H2,1-4H3,(H2,18,19,23)/t14-/m0/s1. The zero-order chi connectivity index (χ0) is 17.0. The van der Waals surface area contributed by atoms with Gasteiger partial charge in [-0.1, -0.05) is 12.1 Å². The van der Waals surface area contributed by atoms with Crippen LogP contribution < -0.4 is 10.6 Å². The van der Waals surface area contributed by atoms with E-state index >= 15 is 0 Å². The lowest BCUT2D eigenvalue weighted by Crippen LogP contribution is -2.37. The lowest BCUT2D eigenvalue weighted by Gasteiger charge is -2.25. The third kappa shape index (κ3) is 4.53. The summed E-state index contributed by atoms with van der Waals surface area (Å²) in [7, 11) is 5.54. The van der Waals surface area contributed by atoms with Crippen LogP contribution in [0, 0.1) is 12.7 Å².